The summed E-state index contributed by atoms with van der Waals surface area (Å²) in [6.45, 7) is 2.69. The number of carbonyl (C=O) groups is 2. The number of anilines is 2. The molecule has 35 heavy (non-hydrogen) atoms. The van der Waals surface area contributed by atoms with Crippen molar-refractivity contribution in [2.24, 2.45) is 0 Å². The third-order valence-electron chi connectivity index (χ3n) is 5.84. The highest BCUT2D eigenvalue weighted by molar-refractivity contribution is 6.30. The van der Waals surface area contributed by atoms with Gasteiger partial charge in [0.1, 0.15) is 17.3 Å². The molecule has 0 saturated carbocycles. The molecule has 1 fully saturated rings. The van der Waals surface area contributed by atoms with Gasteiger partial charge < -0.3 is 24.6 Å². The molecule has 0 spiro atoms. The van der Waals surface area contributed by atoms with Crippen molar-refractivity contribution < 1.29 is 19.1 Å². The van der Waals surface area contributed by atoms with E-state index in [1.165, 1.54) is 7.11 Å². The van der Waals surface area contributed by atoms with Gasteiger partial charge in [-0.3, -0.25) is 9.59 Å². The number of methoxy groups -OCH3 is 2. The van der Waals surface area contributed by atoms with Gasteiger partial charge in [0, 0.05) is 42.8 Å². The van der Waals surface area contributed by atoms with Gasteiger partial charge in [-0.15, -0.1) is 0 Å². The second-order valence-corrected chi connectivity index (χ2v) is 8.50. The Kier molecular flexibility index (Phi) is 7.72. The zero-order chi connectivity index (χ0) is 24.8. The number of rotatable bonds is 6. The molecular weight excluding hydrogens is 468 g/mol. The van der Waals surface area contributed by atoms with Crippen LogP contribution in [-0.2, 0) is 0 Å². The minimum absolute atomic E-state index is 0.0191. The predicted molar refractivity (Wildman–Crippen MR) is 136 cm³/mol. The molecule has 4 rings (SSSR count). The second kappa shape index (κ2) is 11.1. The van der Waals surface area contributed by atoms with Gasteiger partial charge in [-0.1, -0.05) is 17.7 Å². The van der Waals surface area contributed by atoms with E-state index in [9.17, 15) is 9.59 Å². The summed E-state index contributed by atoms with van der Waals surface area (Å²) >= 11 is 6.04. The average Bonchev–Trinajstić information content (AvgIpc) is 3.14. The van der Waals surface area contributed by atoms with Crippen molar-refractivity contribution in [1.29, 1.82) is 0 Å². The number of hydrogen-bond acceptors (Lipinski definition) is 6. The van der Waals surface area contributed by atoms with E-state index in [1.807, 2.05) is 17.0 Å². The zero-order valence-electron chi connectivity index (χ0n) is 19.7. The van der Waals surface area contributed by atoms with E-state index in [1.54, 1.807) is 55.8 Å². The van der Waals surface area contributed by atoms with Crippen molar-refractivity contribution in [3.8, 4) is 11.5 Å². The summed E-state index contributed by atoms with van der Waals surface area (Å²) in [7, 11) is 3.06. The van der Waals surface area contributed by atoms with Gasteiger partial charge in [0.15, 0.2) is 0 Å². The molecular formula is C26H27ClN4O4. The van der Waals surface area contributed by atoms with Gasteiger partial charge in [0.25, 0.3) is 11.8 Å². The van der Waals surface area contributed by atoms with Crippen molar-refractivity contribution in [2.75, 3.05) is 50.6 Å². The molecule has 0 bridgehead atoms. The van der Waals surface area contributed by atoms with Gasteiger partial charge in [0.05, 0.1) is 31.7 Å². The van der Waals surface area contributed by atoms with E-state index < -0.39 is 0 Å². The molecule has 0 aliphatic carbocycles. The predicted octanol–water partition coefficient (Wildman–Crippen LogP) is 4.36. The normalized spacial score (nSPS) is 13.7. The fraction of sp³-hybridized carbons (Fsp3) is 0.269. The smallest absolute Gasteiger partial charge is 0.259 e. The molecule has 2 heterocycles. The van der Waals surface area contributed by atoms with Crippen LogP contribution in [0, 0.1) is 0 Å². The first-order valence-electron chi connectivity index (χ1n) is 11.3. The van der Waals surface area contributed by atoms with Crippen LogP contribution >= 0.6 is 11.6 Å². The molecule has 1 aliphatic heterocycles. The first-order chi connectivity index (χ1) is 17.0. The number of nitrogens with one attached hydrogen (secondary N) is 1. The standard InChI is InChI=1S/C26H27ClN4O4/c1-34-21-8-9-22(23(16-21)35-2)25(32)29-20-7-10-24(28-17-20)30-11-4-12-31(14-13-30)26(33)18-5-3-6-19(27)15-18/h3,5-10,15-17H,4,11-14H2,1-2H3,(H,29,32). The molecule has 1 aromatic heterocycles. The van der Waals surface area contributed by atoms with E-state index in [-0.39, 0.29) is 11.8 Å². The molecule has 8 nitrogen and oxygen atoms in total. The summed E-state index contributed by atoms with van der Waals surface area (Å²) < 4.78 is 10.5. The molecule has 1 saturated heterocycles. The Morgan fingerprint density at radius 3 is 2.54 bits per heavy atom. The number of benzene rings is 2. The number of ether oxygens (including phenoxy) is 2. The van der Waals surface area contributed by atoms with Crippen LogP contribution < -0.4 is 19.7 Å². The third-order valence-corrected chi connectivity index (χ3v) is 6.07. The van der Waals surface area contributed by atoms with E-state index in [0.717, 1.165) is 18.8 Å². The molecule has 0 radical (unpaired) electrons. The summed E-state index contributed by atoms with van der Waals surface area (Å²) in [5, 5.41) is 3.40. The highest BCUT2D eigenvalue weighted by atomic mass is 35.5. The first-order valence-corrected chi connectivity index (χ1v) is 11.7. The Balaban J connectivity index is 1.38. The summed E-state index contributed by atoms with van der Waals surface area (Å²) in [6, 6.07) is 15.7. The maximum absolute atomic E-state index is 12.9. The highest BCUT2D eigenvalue weighted by Gasteiger charge is 2.21. The third kappa shape index (κ3) is 5.84. The topological polar surface area (TPSA) is 84.0 Å². The van der Waals surface area contributed by atoms with Crippen molar-refractivity contribution >= 4 is 34.9 Å². The number of halogens is 1. The Labute approximate surface area is 209 Å². The lowest BCUT2D eigenvalue weighted by Crippen LogP contribution is -2.35. The summed E-state index contributed by atoms with van der Waals surface area (Å²) in [5.74, 6) is 1.50. The number of nitrogens with zero attached hydrogens (tertiary/aromatic N) is 3. The SMILES string of the molecule is COc1ccc(C(=O)Nc2ccc(N3CCCN(C(=O)c4cccc(Cl)c4)CC3)nc2)c(OC)c1. The van der Waals surface area contributed by atoms with E-state index in [0.29, 0.717) is 53.0 Å². The number of hydrogen-bond donors (Lipinski definition) is 1. The zero-order valence-corrected chi connectivity index (χ0v) is 20.4. The quantitative estimate of drug-likeness (QED) is 0.548. The molecule has 182 valence electrons. The van der Waals surface area contributed by atoms with Crippen molar-refractivity contribution in [3.05, 3.63) is 76.9 Å². The molecule has 9 heteroatoms. The lowest BCUT2D eigenvalue weighted by Gasteiger charge is -2.23. The van der Waals surface area contributed by atoms with Crippen LogP contribution in [0.3, 0.4) is 0 Å². The van der Waals surface area contributed by atoms with Crippen LogP contribution in [0.5, 0.6) is 11.5 Å². The van der Waals surface area contributed by atoms with Crippen LogP contribution in [0.2, 0.25) is 5.02 Å². The Hall–Kier alpha value is -3.78. The lowest BCUT2D eigenvalue weighted by molar-refractivity contribution is 0.0766. The van der Waals surface area contributed by atoms with Crippen molar-refractivity contribution in [3.63, 3.8) is 0 Å². The van der Waals surface area contributed by atoms with Crippen LogP contribution in [0.25, 0.3) is 0 Å². The van der Waals surface area contributed by atoms with Gasteiger partial charge in [-0.2, -0.15) is 0 Å². The summed E-state index contributed by atoms with van der Waals surface area (Å²) in [4.78, 5) is 34.1. The fourth-order valence-corrected chi connectivity index (χ4v) is 4.18. The van der Waals surface area contributed by atoms with Gasteiger partial charge in [-0.25, -0.2) is 4.98 Å². The fourth-order valence-electron chi connectivity index (χ4n) is 3.99. The highest BCUT2D eigenvalue weighted by Crippen LogP contribution is 2.26. The minimum atomic E-state index is -0.302. The summed E-state index contributed by atoms with van der Waals surface area (Å²) in [5.41, 5.74) is 1.57. The number of pyridine rings is 1. The van der Waals surface area contributed by atoms with Crippen molar-refractivity contribution in [2.45, 2.75) is 6.42 Å². The second-order valence-electron chi connectivity index (χ2n) is 8.07. The lowest BCUT2D eigenvalue weighted by atomic mass is 10.1. The molecule has 2 aromatic carbocycles. The minimum Gasteiger partial charge on any atom is -0.497 e. The maximum Gasteiger partial charge on any atom is 0.259 e. The number of amides is 2. The first kappa shape index (κ1) is 24.3. The molecule has 3 aromatic rings. The van der Waals surface area contributed by atoms with Gasteiger partial charge >= 0.3 is 0 Å². The molecule has 0 unspecified atom stereocenters. The van der Waals surface area contributed by atoms with Gasteiger partial charge in [-0.05, 0) is 48.9 Å². The van der Waals surface area contributed by atoms with Crippen LogP contribution in [-0.4, -0.2) is 62.1 Å². The molecule has 1 aliphatic rings. The number of aromatic nitrogens is 1. The Bertz CT molecular complexity index is 1200. The largest absolute Gasteiger partial charge is 0.497 e. The Morgan fingerprint density at radius 2 is 1.83 bits per heavy atom. The van der Waals surface area contributed by atoms with Crippen molar-refractivity contribution in [1.82, 2.24) is 9.88 Å². The van der Waals surface area contributed by atoms with E-state index >= 15 is 0 Å². The monoisotopic (exact) mass is 494 g/mol. The maximum atomic E-state index is 12.9. The number of carbonyl (C=O) groups excluding carboxylic acids is 2. The van der Waals surface area contributed by atoms with Crippen LogP contribution in [0.15, 0.2) is 60.8 Å². The molecule has 0 atom stereocenters. The van der Waals surface area contributed by atoms with Crippen LogP contribution in [0.1, 0.15) is 27.1 Å². The molecule has 1 N–H and O–H groups in total. The Morgan fingerprint density at radius 1 is 0.971 bits per heavy atom. The summed E-state index contributed by atoms with van der Waals surface area (Å²) in [6.07, 6.45) is 2.45. The van der Waals surface area contributed by atoms with E-state index in [4.69, 9.17) is 21.1 Å². The molecule has 2 amide bonds. The van der Waals surface area contributed by atoms with Crippen LogP contribution in [0.4, 0.5) is 11.5 Å². The van der Waals surface area contributed by atoms with Gasteiger partial charge in [0.2, 0.25) is 0 Å². The van der Waals surface area contributed by atoms with E-state index in [2.05, 4.69) is 15.2 Å². The average molecular weight is 495 g/mol.